The van der Waals surface area contributed by atoms with E-state index < -0.39 is 5.82 Å². The Morgan fingerprint density at radius 2 is 1.96 bits per heavy atom. The van der Waals surface area contributed by atoms with Gasteiger partial charge in [-0.1, -0.05) is 40.2 Å². The summed E-state index contributed by atoms with van der Waals surface area (Å²) >= 11 is 4.24. The van der Waals surface area contributed by atoms with Gasteiger partial charge in [-0.05, 0) is 53.2 Å². The molecule has 0 bridgehead atoms. The van der Waals surface area contributed by atoms with Gasteiger partial charge >= 0.3 is 0 Å². The Kier molecular flexibility index (Phi) is 6.64. The van der Waals surface area contributed by atoms with Crippen molar-refractivity contribution in [1.29, 1.82) is 0 Å². The lowest BCUT2D eigenvalue weighted by Gasteiger charge is -2.13. The summed E-state index contributed by atoms with van der Waals surface area (Å²) in [6, 6.07) is 13.2. The van der Waals surface area contributed by atoms with Gasteiger partial charge < -0.3 is 5.32 Å². The average molecular weight is 463 g/mol. The molecule has 0 spiro atoms. The number of nitrogens with zero attached hydrogens (tertiary/aromatic N) is 1. The van der Waals surface area contributed by atoms with Crippen LogP contribution in [0.3, 0.4) is 0 Å². The fourth-order valence-electron chi connectivity index (χ4n) is 2.64. The second-order valence-corrected chi connectivity index (χ2v) is 7.95. The Bertz CT molecular complexity index is 964. The van der Waals surface area contributed by atoms with Crippen molar-refractivity contribution in [2.24, 2.45) is 0 Å². The van der Waals surface area contributed by atoms with Crippen LogP contribution in [0, 0.1) is 5.82 Å². The number of nitrogens with one attached hydrogen (secondary N) is 1. The molecule has 0 aromatic heterocycles. The minimum Gasteiger partial charge on any atom is -0.354 e. The first-order chi connectivity index (χ1) is 13.4. The molecule has 0 aliphatic carbocycles. The van der Waals surface area contributed by atoms with Gasteiger partial charge in [0.25, 0.3) is 11.1 Å². The molecule has 1 aliphatic heterocycles. The Balaban J connectivity index is 1.54. The minimum absolute atomic E-state index is 0.0302. The Labute approximate surface area is 174 Å². The zero-order valence-corrected chi connectivity index (χ0v) is 17.1. The molecule has 0 saturated carbocycles. The maximum absolute atomic E-state index is 13.2. The maximum atomic E-state index is 13.2. The monoisotopic (exact) mass is 462 g/mol. The Morgan fingerprint density at radius 1 is 1.18 bits per heavy atom. The van der Waals surface area contributed by atoms with Crippen molar-refractivity contribution in [1.82, 2.24) is 10.2 Å². The predicted molar refractivity (Wildman–Crippen MR) is 110 cm³/mol. The van der Waals surface area contributed by atoms with E-state index in [1.807, 2.05) is 24.3 Å². The second kappa shape index (κ2) is 9.16. The maximum Gasteiger partial charge on any atom is 0.293 e. The molecule has 28 heavy (non-hydrogen) atoms. The van der Waals surface area contributed by atoms with E-state index in [1.54, 1.807) is 12.1 Å². The van der Waals surface area contributed by atoms with Crippen molar-refractivity contribution in [2.75, 3.05) is 13.1 Å². The van der Waals surface area contributed by atoms with Crippen LogP contribution in [0.25, 0.3) is 6.08 Å². The molecule has 1 heterocycles. The van der Waals surface area contributed by atoms with Gasteiger partial charge in [0.15, 0.2) is 0 Å². The molecule has 3 rings (SSSR count). The SMILES string of the molecule is O=C(Cc1cccc(F)c1)NCCN1C(=O)S/C(=C\c2cccc(Br)c2)C1=O. The fraction of sp³-hybridized carbons (Fsp3) is 0.150. The topological polar surface area (TPSA) is 66.5 Å². The van der Waals surface area contributed by atoms with E-state index in [1.165, 1.54) is 18.2 Å². The summed E-state index contributed by atoms with van der Waals surface area (Å²) in [4.78, 5) is 38.0. The van der Waals surface area contributed by atoms with Gasteiger partial charge in [0.05, 0.1) is 11.3 Å². The van der Waals surface area contributed by atoms with E-state index in [2.05, 4.69) is 21.2 Å². The lowest BCUT2D eigenvalue weighted by atomic mass is 10.1. The standard InChI is InChI=1S/C20H16BrFN2O3S/c21-15-5-1-3-13(9-15)11-17-19(26)24(20(27)28-17)8-7-23-18(25)12-14-4-2-6-16(22)10-14/h1-6,9-11H,7-8,12H2,(H,23,25)/b17-11-. The van der Waals surface area contributed by atoms with E-state index in [4.69, 9.17) is 0 Å². The Hall–Kier alpha value is -2.45. The lowest BCUT2D eigenvalue weighted by Crippen LogP contribution is -2.37. The van der Waals surface area contributed by atoms with Crippen LogP contribution >= 0.6 is 27.7 Å². The third kappa shape index (κ3) is 5.30. The molecule has 1 aliphatic rings. The molecule has 0 radical (unpaired) electrons. The second-order valence-electron chi connectivity index (χ2n) is 6.05. The molecule has 0 atom stereocenters. The van der Waals surface area contributed by atoms with E-state index in [0.717, 1.165) is 26.7 Å². The molecular weight excluding hydrogens is 447 g/mol. The van der Waals surface area contributed by atoms with Crippen LogP contribution in [0.2, 0.25) is 0 Å². The highest BCUT2D eigenvalue weighted by Crippen LogP contribution is 2.32. The molecule has 2 aromatic carbocycles. The molecule has 8 heteroatoms. The molecular formula is C20H16BrFN2O3S. The van der Waals surface area contributed by atoms with Crippen molar-refractivity contribution in [3.63, 3.8) is 0 Å². The summed E-state index contributed by atoms with van der Waals surface area (Å²) in [6.45, 7) is 0.214. The predicted octanol–water partition coefficient (Wildman–Crippen LogP) is 3.98. The number of rotatable bonds is 6. The molecule has 0 unspecified atom stereocenters. The lowest BCUT2D eigenvalue weighted by molar-refractivity contribution is -0.124. The number of amides is 3. The number of thioether (sulfide) groups is 1. The highest BCUT2D eigenvalue weighted by atomic mass is 79.9. The van der Waals surface area contributed by atoms with Crippen LogP contribution in [0.1, 0.15) is 11.1 Å². The molecule has 3 amide bonds. The highest BCUT2D eigenvalue weighted by molar-refractivity contribution is 9.10. The van der Waals surface area contributed by atoms with Crippen LogP contribution in [-0.2, 0) is 16.0 Å². The fourth-order valence-corrected chi connectivity index (χ4v) is 3.92. The molecule has 144 valence electrons. The summed E-state index contributed by atoms with van der Waals surface area (Å²) in [5, 5.41) is 2.28. The molecule has 1 fully saturated rings. The molecule has 5 nitrogen and oxygen atoms in total. The van der Waals surface area contributed by atoms with Crippen LogP contribution < -0.4 is 5.32 Å². The smallest absolute Gasteiger partial charge is 0.293 e. The third-order valence-corrected chi connectivity index (χ3v) is 5.33. The number of imide groups is 1. The van der Waals surface area contributed by atoms with E-state index in [9.17, 15) is 18.8 Å². The summed E-state index contributed by atoms with van der Waals surface area (Å²) in [5.74, 6) is -1.09. The van der Waals surface area contributed by atoms with Gasteiger partial charge in [0.1, 0.15) is 5.82 Å². The van der Waals surface area contributed by atoms with Crippen molar-refractivity contribution in [3.05, 3.63) is 74.9 Å². The third-order valence-electron chi connectivity index (χ3n) is 3.93. The molecule has 1 saturated heterocycles. The normalized spacial score (nSPS) is 15.4. The van der Waals surface area contributed by atoms with E-state index in [-0.39, 0.29) is 36.6 Å². The first kappa shape index (κ1) is 20.3. The summed E-state index contributed by atoms with van der Waals surface area (Å²) < 4.78 is 14.0. The van der Waals surface area contributed by atoms with Crippen molar-refractivity contribution in [3.8, 4) is 0 Å². The summed E-state index contributed by atoms with van der Waals surface area (Å²) in [6.07, 6.45) is 1.70. The largest absolute Gasteiger partial charge is 0.354 e. The van der Waals surface area contributed by atoms with Gasteiger partial charge in [0.2, 0.25) is 5.91 Å². The quantitative estimate of drug-likeness (QED) is 0.659. The van der Waals surface area contributed by atoms with Crippen molar-refractivity contribution in [2.45, 2.75) is 6.42 Å². The van der Waals surface area contributed by atoms with Crippen LogP contribution in [-0.4, -0.2) is 35.0 Å². The van der Waals surface area contributed by atoms with Crippen molar-refractivity contribution >= 4 is 50.8 Å². The van der Waals surface area contributed by atoms with Gasteiger partial charge in [-0.3, -0.25) is 19.3 Å². The zero-order valence-electron chi connectivity index (χ0n) is 14.7. The highest BCUT2D eigenvalue weighted by Gasteiger charge is 2.34. The van der Waals surface area contributed by atoms with Crippen molar-refractivity contribution < 1.29 is 18.8 Å². The van der Waals surface area contributed by atoms with Crippen LogP contribution in [0.4, 0.5) is 9.18 Å². The van der Waals surface area contributed by atoms with Crippen LogP contribution in [0.5, 0.6) is 0 Å². The van der Waals surface area contributed by atoms with Gasteiger partial charge in [0, 0.05) is 17.6 Å². The minimum atomic E-state index is -0.402. The molecule has 2 aromatic rings. The summed E-state index contributed by atoms with van der Waals surface area (Å²) in [7, 11) is 0. The number of carbonyl (C=O) groups excluding carboxylic acids is 3. The number of benzene rings is 2. The van der Waals surface area contributed by atoms with Gasteiger partial charge in [-0.2, -0.15) is 0 Å². The molecule has 1 N–H and O–H groups in total. The number of carbonyl (C=O) groups is 3. The number of halogens is 2. The zero-order chi connectivity index (χ0) is 20.1. The van der Waals surface area contributed by atoms with Gasteiger partial charge in [-0.15, -0.1) is 0 Å². The first-order valence-electron chi connectivity index (χ1n) is 8.44. The summed E-state index contributed by atoms with van der Waals surface area (Å²) in [5.41, 5.74) is 1.36. The number of hydrogen-bond donors (Lipinski definition) is 1. The van der Waals surface area contributed by atoms with Crippen LogP contribution in [0.15, 0.2) is 57.9 Å². The van der Waals surface area contributed by atoms with Gasteiger partial charge in [-0.25, -0.2) is 4.39 Å². The Morgan fingerprint density at radius 3 is 2.71 bits per heavy atom. The van der Waals surface area contributed by atoms with E-state index in [0.29, 0.717) is 10.5 Å². The number of hydrogen-bond acceptors (Lipinski definition) is 4. The average Bonchev–Trinajstić information content (AvgIpc) is 2.89. The first-order valence-corrected chi connectivity index (χ1v) is 10.1. The van der Waals surface area contributed by atoms with E-state index >= 15 is 0 Å².